The van der Waals surface area contributed by atoms with Crippen LogP contribution in [0.1, 0.15) is 38.4 Å². The predicted molar refractivity (Wildman–Crippen MR) is 75.3 cm³/mol. The van der Waals surface area contributed by atoms with E-state index in [1.807, 2.05) is 11.8 Å². The maximum absolute atomic E-state index is 13.0. The van der Waals surface area contributed by atoms with Gasteiger partial charge in [0.1, 0.15) is 12.0 Å². The molecule has 1 saturated carbocycles. The highest BCUT2D eigenvalue weighted by atomic mass is 19.1. The van der Waals surface area contributed by atoms with Crippen molar-refractivity contribution in [2.45, 2.75) is 38.9 Å². The third-order valence-corrected chi connectivity index (χ3v) is 4.47. The Morgan fingerprint density at radius 2 is 2.00 bits per heavy atom. The van der Waals surface area contributed by atoms with Gasteiger partial charge in [-0.05, 0) is 49.3 Å². The van der Waals surface area contributed by atoms with E-state index in [0.29, 0.717) is 5.92 Å². The topological polar surface area (TPSA) is 32.3 Å². The Balaban J connectivity index is 1.79. The molecular formula is C16H21FN2O. The van der Waals surface area contributed by atoms with E-state index in [0.717, 1.165) is 18.0 Å². The van der Waals surface area contributed by atoms with Crippen LogP contribution < -0.4 is 5.32 Å². The molecule has 3 rings (SSSR count). The van der Waals surface area contributed by atoms with Crippen molar-refractivity contribution in [3.8, 4) is 0 Å². The molecule has 4 heteroatoms. The van der Waals surface area contributed by atoms with Gasteiger partial charge < -0.3 is 4.90 Å². The molecular weight excluding hydrogens is 255 g/mol. The quantitative estimate of drug-likeness (QED) is 0.917. The van der Waals surface area contributed by atoms with E-state index in [4.69, 9.17) is 0 Å². The molecule has 1 aliphatic heterocycles. The number of carbonyl (C=O) groups is 1. The second-order valence-corrected chi connectivity index (χ2v) is 6.15. The van der Waals surface area contributed by atoms with Crippen LogP contribution in [-0.4, -0.2) is 23.4 Å². The summed E-state index contributed by atoms with van der Waals surface area (Å²) in [7, 11) is 0. The van der Waals surface area contributed by atoms with Crippen molar-refractivity contribution >= 4 is 5.91 Å². The van der Waals surface area contributed by atoms with Crippen LogP contribution in [0.3, 0.4) is 0 Å². The molecule has 2 fully saturated rings. The first-order chi connectivity index (χ1) is 9.56. The highest BCUT2D eigenvalue weighted by molar-refractivity contribution is 5.84. The standard InChI is InChI=1S/C16H21FN2O/c1-10(12-3-4-12)9-19-15(18-11(2)16(19)20)13-5-7-14(17)8-6-13/h5-8,10-12,15,18H,3-4,9H2,1-2H3. The van der Waals surface area contributed by atoms with Gasteiger partial charge in [0.2, 0.25) is 5.91 Å². The van der Waals surface area contributed by atoms with Crippen molar-refractivity contribution < 1.29 is 9.18 Å². The van der Waals surface area contributed by atoms with Gasteiger partial charge in [-0.15, -0.1) is 0 Å². The zero-order chi connectivity index (χ0) is 14.3. The van der Waals surface area contributed by atoms with Gasteiger partial charge >= 0.3 is 0 Å². The Labute approximate surface area is 119 Å². The van der Waals surface area contributed by atoms with Crippen molar-refractivity contribution in [3.63, 3.8) is 0 Å². The minimum atomic E-state index is -0.246. The van der Waals surface area contributed by atoms with Gasteiger partial charge in [0.05, 0.1) is 6.04 Å². The lowest BCUT2D eigenvalue weighted by Crippen LogP contribution is -2.35. The number of hydrogen-bond acceptors (Lipinski definition) is 2. The number of benzene rings is 1. The minimum absolute atomic E-state index is 0.126. The van der Waals surface area contributed by atoms with Crippen LogP contribution in [0.4, 0.5) is 4.39 Å². The number of rotatable bonds is 4. The smallest absolute Gasteiger partial charge is 0.241 e. The van der Waals surface area contributed by atoms with Crippen molar-refractivity contribution in [2.75, 3.05) is 6.54 Å². The molecule has 0 radical (unpaired) electrons. The Morgan fingerprint density at radius 3 is 2.60 bits per heavy atom. The molecule has 108 valence electrons. The summed E-state index contributed by atoms with van der Waals surface area (Å²) < 4.78 is 13.0. The molecule has 0 bridgehead atoms. The maximum Gasteiger partial charge on any atom is 0.241 e. The van der Waals surface area contributed by atoms with Crippen molar-refractivity contribution in [3.05, 3.63) is 35.6 Å². The van der Waals surface area contributed by atoms with E-state index >= 15 is 0 Å². The Bertz CT molecular complexity index is 498. The highest BCUT2D eigenvalue weighted by Gasteiger charge is 2.39. The summed E-state index contributed by atoms with van der Waals surface area (Å²) in [5.74, 6) is 1.21. The number of halogens is 1. The van der Waals surface area contributed by atoms with Gasteiger partial charge in [-0.3, -0.25) is 10.1 Å². The number of nitrogens with zero attached hydrogens (tertiary/aromatic N) is 1. The van der Waals surface area contributed by atoms with Crippen molar-refractivity contribution in [1.82, 2.24) is 10.2 Å². The van der Waals surface area contributed by atoms with Gasteiger partial charge in [0.25, 0.3) is 0 Å². The fourth-order valence-corrected chi connectivity index (χ4v) is 3.02. The lowest BCUT2D eigenvalue weighted by atomic mass is 10.0. The molecule has 0 spiro atoms. The summed E-state index contributed by atoms with van der Waals surface area (Å²) in [5.41, 5.74) is 0.951. The van der Waals surface area contributed by atoms with Crippen molar-refractivity contribution in [2.24, 2.45) is 11.8 Å². The molecule has 3 nitrogen and oxygen atoms in total. The molecule has 1 aliphatic carbocycles. The molecule has 3 atom stereocenters. The Morgan fingerprint density at radius 1 is 1.35 bits per heavy atom. The van der Waals surface area contributed by atoms with Gasteiger partial charge in [-0.1, -0.05) is 19.1 Å². The zero-order valence-electron chi connectivity index (χ0n) is 12.0. The Kier molecular flexibility index (Phi) is 3.50. The number of hydrogen-bond donors (Lipinski definition) is 1. The molecule has 3 unspecified atom stereocenters. The van der Waals surface area contributed by atoms with E-state index in [1.165, 1.54) is 25.0 Å². The third kappa shape index (κ3) is 2.57. The fraction of sp³-hybridized carbons (Fsp3) is 0.562. The van der Waals surface area contributed by atoms with Gasteiger partial charge in [-0.25, -0.2) is 4.39 Å². The van der Waals surface area contributed by atoms with E-state index in [9.17, 15) is 9.18 Å². The summed E-state index contributed by atoms with van der Waals surface area (Å²) in [5, 5.41) is 3.31. The van der Waals surface area contributed by atoms with Crippen molar-refractivity contribution in [1.29, 1.82) is 0 Å². The number of amides is 1. The molecule has 2 aliphatic rings. The molecule has 1 amide bonds. The summed E-state index contributed by atoms with van der Waals surface area (Å²) in [6.07, 6.45) is 2.44. The van der Waals surface area contributed by atoms with E-state index in [1.54, 1.807) is 12.1 Å². The summed E-state index contributed by atoms with van der Waals surface area (Å²) in [4.78, 5) is 14.2. The lowest BCUT2D eigenvalue weighted by Gasteiger charge is -2.27. The number of nitrogens with one attached hydrogen (secondary N) is 1. The lowest BCUT2D eigenvalue weighted by molar-refractivity contribution is -0.130. The van der Waals surface area contributed by atoms with Crippen LogP contribution in [0.5, 0.6) is 0 Å². The molecule has 1 heterocycles. The van der Waals surface area contributed by atoms with Crippen LogP contribution >= 0.6 is 0 Å². The van der Waals surface area contributed by atoms with E-state index in [-0.39, 0.29) is 23.9 Å². The third-order valence-electron chi connectivity index (χ3n) is 4.47. The van der Waals surface area contributed by atoms with Gasteiger partial charge in [0.15, 0.2) is 0 Å². The maximum atomic E-state index is 13.0. The second-order valence-electron chi connectivity index (χ2n) is 6.15. The second kappa shape index (κ2) is 5.17. The van der Waals surface area contributed by atoms with Crippen LogP contribution in [0.25, 0.3) is 0 Å². The SMILES string of the molecule is CC1NC(c2ccc(F)cc2)N(CC(C)C2CC2)C1=O. The largest absolute Gasteiger partial charge is 0.321 e. The van der Waals surface area contributed by atoms with Crippen LogP contribution in [0.15, 0.2) is 24.3 Å². The zero-order valence-corrected chi connectivity index (χ0v) is 12.0. The number of carbonyl (C=O) groups excluding carboxylic acids is 1. The average molecular weight is 276 g/mol. The van der Waals surface area contributed by atoms with E-state index in [2.05, 4.69) is 12.2 Å². The molecule has 1 saturated heterocycles. The molecule has 0 aromatic heterocycles. The summed E-state index contributed by atoms with van der Waals surface area (Å²) >= 11 is 0. The first-order valence-corrected chi connectivity index (χ1v) is 7.38. The Hall–Kier alpha value is -1.42. The highest BCUT2D eigenvalue weighted by Crippen LogP contribution is 2.38. The van der Waals surface area contributed by atoms with Gasteiger partial charge in [0, 0.05) is 6.54 Å². The van der Waals surface area contributed by atoms with Crippen LogP contribution in [-0.2, 0) is 4.79 Å². The molecule has 1 N–H and O–H groups in total. The predicted octanol–water partition coefficient (Wildman–Crippen LogP) is 2.69. The first kappa shape index (κ1) is 13.6. The monoisotopic (exact) mass is 276 g/mol. The normalized spacial score (nSPS) is 27.9. The molecule has 1 aromatic rings. The molecule has 20 heavy (non-hydrogen) atoms. The van der Waals surface area contributed by atoms with E-state index < -0.39 is 0 Å². The average Bonchev–Trinajstić information content (AvgIpc) is 3.23. The molecule has 1 aromatic carbocycles. The first-order valence-electron chi connectivity index (χ1n) is 7.38. The van der Waals surface area contributed by atoms with Crippen LogP contribution in [0, 0.1) is 17.7 Å². The summed E-state index contributed by atoms with van der Waals surface area (Å²) in [6, 6.07) is 6.25. The minimum Gasteiger partial charge on any atom is -0.321 e. The van der Waals surface area contributed by atoms with Gasteiger partial charge in [-0.2, -0.15) is 0 Å². The fourth-order valence-electron chi connectivity index (χ4n) is 3.02. The van der Waals surface area contributed by atoms with Crippen LogP contribution in [0.2, 0.25) is 0 Å². The summed E-state index contributed by atoms with van der Waals surface area (Å²) in [6.45, 7) is 4.89.